The summed E-state index contributed by atoms with van der Waals surface area (Å²) in [4.78, 5) is 11.6. The summed E-state index contributed by atoms with van der Waals surface area (Å²) in [6.45, 7) is 0. The molecule has 0 bridgehead atoms. The molecule has 2 aromatic rings. The first kappa shape index (κ1) is 13.1. The molecule has 0 saturated heterocycles. The topological polar surface area (TPSA) is 47.9 Å². The van der Waals surface area contributed by atoms with Crippen LogP contribution in [0.3, 0.4) is 0 Å². The maximum Gasteiger partial charge on any atom is 0.327 e. The number of hydrogen-bond donors (Lipinski definition) is 0. The highest BCUT2D eigenvalue weighted by Crippen LogP contribution is 2.30. The van der Waals surface area contributed by atoms with Crippen LogP contribution in [-0.2, 0) is 0 Å². The van der Waals surface area contributed by atoms with Crippen LogP contribution < -0.4 is 4.74 Å². The summed E-state index contributed by atoms with van der Waals surface area (Å²) >= 11 is 19.3. The van der Waals surface area contributed by atoms with E-state index in [0.717, 1.165) is 0 Å². The van der Waals surface area contributed by atoms with E-state index < -0.39 is 0 Å². The molecule has 17 heavy (non-hydrogen) atoms. The minimum atomic E-state index is 0.0597. The summed E-state index contributed by atoms with van der Waals surface area (Å²) in [7, 11) is 0. The summed E-state index contributed by atoms with van der Waals surface area (Å²) in [6, 6.07) is 4.91. The average Bonchev–Trinajstić information content (AvgIpc) is 2.21. The number of nitrogens with zero attached hydrogens (tertiary/aromatic N) is 3. The van der Waals surface area contributed by atoms with Gasteiger partial charge in [-0.3, -0.25) is 0 Å². The van der Waals surface area contributed by atoms with Gasteiger partial charge in [0, 0.05) is 27.6 Å². The maximum absolute atomic E-state index is 5.94. The standard InChI is InChI=1S/C9H3Cl3IN3O/c10-4-1-2-6(5(11)3-4)17-9-15-7(12)14-8(13)16-9/h1-3H. The normalized spacial score (nSPS) is 10.4. The van der Waals surface area contributed by atoms with Crippen molar-refractivity contribution in [1.29, 1.82) is 0 Å². The van der Waals surface area contributed by atoms with E-state index >= 15 is 0 Å². The van der Waals surface area contributed by atoms with Crippen LogP contribution in [-0.4, -0.2) is 15.0 Å². The van der Waals surface area contributed by atoms with Gasteiger partial charge in [0.1, 0.15) is 5.75 Å². The Balaban J connectivity index is 2.31. The smallest absolute Gasteiger partial charge is 0.327 e. The molecule has 0 radical (unpaired) electrons. The predicted molar refractivity (Wildman–Crippen MR) is 74.1 cm³/mol. The van der Waals surface area contributed by atoms with Gasteiger partial charge in [0.25, 0.3) is 0 Å². The monoisotopic (exact) mass is 401 g/mol. The third kappa shape index (κ3) is 3.54. The lowest BCUT2D eigenvalue weighted by Crippen LogP contribution is -1.97. The first-order valence-corrected chi connectivity index (χ1v) is 6.46. The molecular weight excluding hydrogens is 399 g/mol. The van der Waals surface area contributed by atoms with Gasteiger partial charge in [-0.25, -0.2) is 0 Å². The molecule has 0 aliphatic rings. The maximum atomic E-state index is 5.94. The van der Waals surface area contributed by atoms with E-state index in [2.05, 4.69) is 15.0 Å². The fourth-order valence-corrected chi connectivity index (χ4v) is 2.19. The Morgan fingerprint density at radius 2 is 1.82 bits per heavy atom. The largest absolute Gasteiger partial charge is 0.423 e. The molecule has 0 aliphatic heterocycles. The van der Waals surface area contributed by atoms with Crippen molar-refractivity contribution in [2.45, 2.75) is 0 Å². The van der Waals surface area contributed by atoms with Crippen molar-refractivity contribution >= 4 is 57.4 Å². The zero-order valence-electron chi connectivity index (χ0n) is 7.99. The van der Waals surface area contributed by atoms with E-state index in [1.54, 1.807) is 18.2 Å². The quantitative estimate of drug-likeness (QED) is 0.706. The van der Waals surface area contributed by atoms with Crippen LogP contribution in [0.5, 0.6) is 11.8 Å². The second-order valence-electron chi connectivity index (χ2n) is 2.83. The van der Waals surface area contributed by atoms with Crippen molar-refractivity contribution in [2.75, 3.05) is 0 Å². The van der Waals surface area contributed by atoms with Crippen molar-refractivity contribution in [2.24, 2.45) is 0 Å². The molecule has 1 aromatic heterocycles. The van der Waals surface area contributed by atoms with Gasteiger partial charge in [-0.05, 0) is 29.8 Å². The summed E-state index contributed by atoms with van der Waals surface area (Å²) in [6.07, 6.45) is 0. The van der Waals surface area contributed by atoms with Crippen molar-refractivity contribution < 1.29 is 4.74 Å². The number of rotatable bonds is 2. The summed E-state index contributed by atoms with van der Waals surface area (Å²) < 4.78 is 5.82. The van der Waals surface area contributed by atoms with Gasteiger partial charge in [-0.1, -0.05) is 23.2 Å². The second kappa shape index (κ2) is 5.51. The number of hydrogen-bond acceptors (Lipinski definition) is 4. The third-order valence-electron chi connectivity index (χ3n) is 1.66. The highest BCUT2D eigenvalue weighted by Gasteiger charge is 2.08. The highest BCUT2D eigenvalue weighted by molar-refractivity contribution is 14.1. The first-order valence-electron chi connectivity index (χ1n) is 4.24. The van der Waals surface area contributed by atoms with Crippen LogP contribution >= 0.6 is 57.4 Å². The predicted octanol–water partition coefficient (Wildman–Crippen LogP) is 4.23. The highest BCUT2D eigenvalue weighted by atomic mass is 127. The van der Waals surface area contributed by atoms with Crippen LogP contribution in [0.2, 0.25) is 15.3 Å². The van der Waals surface area contributed by atoms with Crippen LogP contribution in [0.1, 0.15) is 0 Å². The van der Waals surface area contributed by atoms with E-state index in [-0.39, 0.29) is 11.3 Å². The Morgan fingerprint density at radius 1 is 1.06 bits per heavy atom. The Bertz CT molecular complexity index is 547. The molecule has 0 fully saturated rings. The van der Waals surface area contributed by atoms with Crippen LogP contribution in [0.4, 0.5) is 0 Å². The van der Waals surface area contributed by atoms with Crippen LogP contribution in [0.25, 0.3) is 0 Å². The van der Waals surface area contributed by atoms with Crippen molar-refractivity contribution in [3.63, 3.8) is 0 Å². The molecule has 2 rings (SSSR count). The lowest BCUT2D eigenvalue weighted by Gasteiger charge is -2.05. The first-order chi connectivity index (χ1) is 8.04. The van der Waals surface area contributed by atoms with E-state index in [1.807, 2.05) is 22.6 Å². The van der Waals surface area contributed by atoms with E-state index in [9.17, 15) is 0 Å². The summed E-state index contributed by atoms with van der Waals surface area (Å²) in [5.74, 6) is 0.397. The summed E-state index contributed by atoms with van der Waals surface area (Å²) in [5, 5.41) is 0.944. The van der Waals surface area contributed by atoms with Gasteiger partial charge in [-0.2, -0.15) is 15.0 Å². The number of halogens is 4. The molecule has 0 atom stereocenters. The fraction of sp³-hybridized carbons (Fsp3) is 0. The Hall–Kier alpha value is -0.370. The van der Waals surface area contributed by atoms with Gasteiger partial charge in [0.15, 0.2) is 3.83 Å². The Labute approximate surface area is 125 Å². The molecule has 0 amide bonds. The molecule has 0 saturated carbocycles. The zero-order valence-corrected chi connectivity index (χ0v) is 12.4. The minimum Gasteiger partial charge on any atom is -0.423 e. The van der Waals surface area contributed by atoms with Crippen LogP contribution in [0, 0.1) is 3.83 Å². The lowest BCUT2D eigenvalue weighted by atomic mass is 10.3. The molecule has 0 unspecified atom stereocenters. The van der Waals surface area contributed by atoms with Gasteiger partial charge < -0.3 is 4.74 Å². The lowest BCUT2D eigenvalue weighted by molar-refractivity contribution is 0.437. The average molecular weight is 402 g/mol. The van der Waals surface area contributed by atoms with Gasteiger partial charge in [0.2, 0.25) is 5.28 Å². The van der Waals surface area contributed by atoms with E-state index in [0.29, 0.717) is 19.6 Å². The molecule has 4 nitrogen and oxygen atoms in total. The van der Waals surface area contributed by atoms with Crippen molar-refractivity contribution in [1.82, 2.24) is 15.0 Å². The Morgan fingerprint density at radius 3 is 2.47 bits per heavy atom. The number of aromatic nitrogens is 3. The van der Waals surface area contributed by atoms with Crippen LogP contribution in [0.15, 0.2) is 18.2 Å². The van der Waals surface area contributed by atoms with Crippen molar-refractivity contribution in [3.8, 4) is 11.8 Å². The molecule has 0 N–H and O–H groups in total. The third-order valence-corrected chi connectivity index (χ3v) is 2.84. The van der Waals surface area contributed by atoms with Gasteiger partial charge >= 0.3 is 6.01 Å². The Kier molecular flexibility index (Phi) is 4.24. The second-order valence-corrected chi connectivity index (χ2v) is 4.98. The van der Waals surface area contributed by atoms with Gasteiger partial charge in [-0.15, -0.1) is 0 Å². The van der Waals surface area contributed by atoms with E-state index in [1.165, 1.54) is 0 Å². The fourth-order valence-electron chi connectivity index (χ4n) is 1.01. The molecule has 0 spiro atoms. The molecule has 1 aromatic carbocycles. The molecular formula is C9H3Cl3IN3O. The number of ether oxygens (including phenoxy) is 1. The molecule has 88 valence electrons. The summed E-state index contributed by atoms with van der Waals surface area (Å²) in [5.41, 5.74) is 0. The molecule has 1 heterocycles. The van der Waals surface area contributed by atoms with E-state index in [4.69, 9.17) is 39.5 Å². The SMILES string of the molecule is Clc1ccc(Oc2nc(Cl)nc(I)n2)c(Cl)c1. The zero-order chi connectivity index (χ0) is 12.4. The van der Waals surface area contributed by atoms with Gasteiger partial charge in [0.05, 0.1) is 5.02 Å². The van der Waals surface area contributed by atoms with Crippen molar-refractivity contribution in [3.05, 3.63) is 37.4 Å². The molecule has 8 heteroatoms. The number of benzene rings is 1. The molecule has 0 aliphatic carbocycles. The minimum absolute atomic E-state index is 0.0597.